The number of amides is 1. The normalized spacial score (nSPS) is 10.9. The number of hydrogen-bond acceptors (Lipinski definition) is 5. The van der Waals surface area contributed by atoms with Gasteiger partial charge in [0.15, 0.2) is 0 Å². The molecule has 24 heavy (non-hydrogen) atoms. The van der Waals surface area contributed by atoms with E-state index in [1.165, 1.54) is 13.3 Å². The first-order chi connectivity index (χ1) is 11.6. The van der Waals surface area contributed by atoms with E-state index in [1.54, 1.807) is 24.3 Å². The molecule has 0 atom stereocenters. The fraction of sp³-hybridized carbons (Fsp3) is 0.0588. The Kier molecular flexibility index (Phi) is 4.33. The molecule has 1 aromatic heterocycles. The Labute approximate surface area is 137 Å². The van der Waals surface area contributed by atoms with E-state index in [9.17, 15) is 9.59 Å². The topological polar surface area (TPSA) is 80.7 Å². The van der Waals surface area contributed by atoms with Crippen molar-refractivity contribution in [3.05, 3.63) is 76.8 Å². The molecule has 1 heterocycles. The van der Waals surface area contributed by atoms with Crippen LogP contribution in [0.5, 0.6) is 0 Å². The molecule has 3 rings (SSSR count). The molecule has 0 unspecified atom stereocenters. The Hall–Kier alpha value is -3.48. The molecule has 0 aliphatic carbocycles. The minimum Gasteiger partial charge on any atom is -0.387 e. The quantitative estimate of drug-likeness (QED) is 0.548. The molecule has 0 saturated carbocycles. The van der Waals surface area contributed by atoms with Crippen molar-refractivity contribution in [2.45, 2.75) is 0 Å². The maximum atomic E-state index is 12.3. The third kappa shape index (κ3) is 3.30. The lowest BCUT2D eigenvalue weighted by Gasteiger charge is -2.08. The van der Waals surface area contributed by atoms with E-state index in [4.69, 9.17) is 4.42 Å². The summed E-state index contributed by atoms with van der Waals surface area (Å²) in [6.07, 6.45) is 1.52. The van der Waals surface area contributed by atoms with Gasteiger partial charge in [0.05, 0.1) is 6.21 Å². The van der Waals surface area contributed by atoms with Crippen LogP contribution in [-0.2, 0) is 0 Å². The Bertz CT molecular complexity index is 914. The lowest BCUT2D eigenvalue weighted by Crippen LogP contribution is -2.34. The molecule has 0 bridgehead atoms. The second-order valence-electron chi connectivity index (χ2n) is 4.91. The molecule has 0 spiro atoms. The van der Waals surface area contributed by atoms with E-state index >= 15 is 0 Å². The van der Waals surface area contributed by atoms with Crippen LogP contribution in [0.15, 0.2) is 75.0 Å². The van der Waals surface area contributed by atoms with Crippen LogP contribution in [0.3, 0.4) is 0 Å². The van der Waals surface area contributed by atoms with E-state index in [2.05, 4.69) is 10.2 Å². The molecule has 1 amide bonds. The van der Waals surface area contributed by atoms with Crippen molar-refractivity contribution in [1.82, 2.24) is 14.8 Å². The summed E-state index contributed by atoms with van der Waals surface area (Å²) in [6.45, 7) is 0. The van der Waals surface area contributed by atoms with Gasteiger partial charge >= 0.3 is 11.8 Å². The monoisotopic (exact) mass is 322 g/mol. The SMILES string of the molecule is CN(/N=C/c1ccccc1)C(=O)n1nc(-c2ccccc2)oc1=O. The number of benzene rings is 2. The molecule has 7 heteroatoms. The number of hydrazone groups is 1. The highest BCUT2D eigenvalue weighted by molar-refractivity contribution is 5.82. The number of rotatable bonds is 3. The van der Waals surface area contributed by atoms with Gasteiger partial charge in [-0.25, -0.2) is 14.6 Å². The molecule has 0 fully saturated rings. The third-order valence-electron chi connectivity index (χ3n) is 3.21. The maximum absolute atomic E-state index is 12.3. The third-order valence-corrected chi connectivity index (χ3v) is 3.21. The van der Waals surface area contributed by atoms with Crippen molar-refractivity contribution in [2.75, 3.05) is 7.05 Å². The zero-order chi connectivity index (χ0) is 16.9. The lowest BCUT2D eigenvalue weighted by atomic mass is 10.2. The van der Waals surface area contributed by atoms with Gasteiger partial charge in [-0.3, -0.25) is 0 Å². The second kappa shape index (κ2) is 6.74. The van der Waals surface area contributed by atoms with E-state index in [1.807, 2.05) is 36.4 Å². The van der Waals surface area contributed by atoms with Gasteiger partial charge in [0.1, 0.15) is 0 Å². The highest BCUT2D eigenvalue weighted by atomic mass is 16.4. The summed E-state index contributed by atoms with van der Waals surface area (Å²) in [4.78, 5) is 24.2. The molecule has 0 saturated heterocycles. The van der Waals surface area contributed by atoms with Gasteiger partial charge in [-0.15, -0.1) is 9.78 Å². The molecule has 7 nitrogen and oxygen atoms in total. The average molecular weight is 322 g/mol. The van der Waals surface area contributed by atoms with Crippen LogP contribution >= 0.6 is 0 Å². The summed E-state index contributed by atoms with van der Waals surface area (Å²) in [5.74, 6) is -0.782. The molecule has 0 N–H and O–H groups in total. The largest absolute Gasteiger partial charge is 0.446 e. The fourth-order valence-corrected chi connectivity index (χ4v) is 1.98. The second-order valence-corrected chi connectivity index (χ2v) is 4.91. The summed E-state index contributed by atoms with van der Waals surface area (Å²) in [5.41, 5.74) is 1.44. The van der Waals surface area contributed by atoms with Gasteiger partial charge in [0, 0.05) is 12.6 Å². The van der Waals surface area contributed by atoms with Crippen molar-refractivity contribution in [3.8, 4) is 11.5 Å². The van der Waals surface area contributed by atoms with Gasteiger partial charge in [-0.05, 0) is 17.7 Å². The van der Waals surface area contributed by atoms with Crippen LogP contribution in [0.2, 0.25) is 0 Å². The summed E-state index contributed by atoms with van der Waals surface area (Å²) in [6, 6.07) is 17.4. The van der Waals surface area contributed by atoms with Gasteiger partial charge in [0.25, 0.3) is 0 Å². The van der Waals surface area contributed by atoms with Crippen molar-refractivity contribution in [2.24, 2.45) is 5.10 Å². The van der Waals surface area contributed by atoms with Crippen molar-refractivity contribution in [3.63, 3.8) is 0 Å². The number of hydrogen-bond donors (Lipinski definition) is 0. The number of carbonyl (C=O) groups is 1. The van der Waals surface area contributed by atoms with E-state index < -0.39 is 11.8 Å². The summed E-state index contributed by atoms with van der Waals surface area (Å²) < 4.78 is 5.68. The van der Waals surface area contributed by atoms with Crippen molar-refractivity contribution in [1.29, 1.82) is 0 Å². The fourth-order valence-electron chi connectivity index (χ4n) is 1.98. The summed E-state index contributed by atoms with van der Waals surface area (Å²) >= 11 is 0. The average Bonchev–Trinajstić information content (AvgIpc) is 3.02. The van der Waals surface area contributed by atoms with Crippen LogP contribution in [-0.4, -0.2) is 34.1 Å². The Balaban J connectivity index is 1.81. The minimum absolute atomic E-state index is 0.0781. The minimum atomic E-state index is -0.861. The Morgan fingerprint density at radius 3 is 2.42 bits per heavy atom. The molecule has 3 aromatic rings. The van der Waals surface area contributed by atoms with E-state index in [-0.39, 0.29) is 5.89 Å². The van der Waals surface area contributed by atoms with Gasteiger partial charge in [-0.1, -0.05) is 48.5 Å². The van der Waals surface area contributed by atoms with Gasteiger partial charge < -0.3 is 4.42 Å². The predicted octanol–water partition coefficient (Wildman–Crippen LogP) is 2.44. The molecule has 0 aliphatic heterocycles. The van der Waals surface area contributed by atoms with Gasteiger partial charge in [-0.2, -0.15) is 5.10 Å². The molecule has 0 aliphatic rings. The van der Waals surface area contributed by atoms with Crippen LogP contribution in [0, 0.1) is 0 Å². The first-order valence-electron chi connectivity index (χ1n) is 7.18. The van der Waals surface area contributed by atoms with Crippen LogP contribution in [0.4, 0.5) is 4.79 Å². The molecule has 0 radical (unpaired) electrons. The van der Waals surface area contributed by atoms with E-state index in [0.717, 1.165) is 10.6 Å². The maximum Gasteiger partial charge on any atom is 0.446 e. The predicted molar refractivity (Wildman–Crippen MR) is 88.8 cm³/mol. The van der Waals surface area contributed by atoms with Crippen molar-refractivity contribution >= 4 is 12.2 Å². The zero-order valence-electron chi connectivity index (χ0n) is 12.9. The standard InChI is InChI=1S/C17H14N4O3/c1-20(18-12-13-8-4-2-5-9-13)16(22)21-17(23)24-15(19-21)14-10-6-3-7-11-14/h2-12H,1H3/b18-12+. The van der Waals surface area contributed by atoms with Crippen LogP contribution < -0.4 is 5.76 Å². The highest BCUT2D eigenvalue weighted by Gasteiger charge is 2.19. The van der Waals surface area contributed by atoms with Crippen molar-refractivity contribution < 1.29 is 9.21 Å². The summed E-state index contributed by atoms with van der Waals surface area (Å²) in [7, 11) is 1.44. The lowest BCUT2D eigenvalue weighted by molar-refractivity contribution is 0.207. The summed E-state index contributed by atoms with van der Waals surface area (Å²) in [5, 5.41) is 8.96. The van der Waals surface area contributed by atoms with Crippen LogP contribution in [0.25, 0.3) is 11.5 Å². The molecular weight excluding hydrogens is 308 g/mol. The van der Waals surface area contributed by atoms with Gasteiger partial charge in [0.2, 0.25) is 5.89 Å². The molecular formula is C17H14N4O3. The molecule has 2 aromatic carbocycles. The smallest absolute Gasteiger partial charge is 0.387 e. The number of nitrogens with zero attached hydrogens (tertiary/aromatic N) is 4. The number of carbonyl (C=O) groups excluding carboxylic acids is 1. The Morgan fingerprint density at radius 2 is 1.75 bits per heavy atom. The Morgan fingerprint density at radius 1 is 1.12 bits per heavy atom. The number of aromatic nitrogens is 2. The first-order valence-corrected chi connectivity index (χ1v) is 7.18. The van der Waals surface area contributed by atoms with E-state index in [0.29, 0.717) is 10.2 Å². The highest BCUT2D eigenvalue weighted by Crippen LogP contribution is 2.14. The van der Waals surface area contributed by atoms with Crippen LogP contribution in [0.1, 0.15) is 5.56 Å². The molecule has 120 valence electrons. The zero-order valence-corrected chi connectivity index (χ0v) is 12.9. The first kappa shape index (κ1) is 15.4.